The van der Waals surface area contributed by atoms with Gasteiger partial charge in [0.15, 0.2) is 0 Å². The van der Waals surface area contributed by atoms with E-state index in [1.807, 2.05) is 27.7 Å². The van der Waals surface area contributed by atoms with Crippen LogP contribution in [0.1, 0.15) is 27.7 Å². The standard InChI is InChI=1S/C13H23B2O5PS/c1-6-7(2)12(14)19-10(6)5-17-21(16,22)20-11-8(3)13(15)18-9(11)4/h6-13H,5H2,1-4H3,(H,16,22). The maximum absolute atomic E-state index is 10.3. The van der Waals surface area contributed by atoms with Crippen LogP contribution in [-0.2, 0) is 30.3 Å². The van der Waals surface area contributed by atoms with Gasteiger partial charge in [0.2, 0.25) is 0 Å². The molecule has 0 aromatic carbocycles. The molecule has 0 saturated carbocycles. The van der Waals surface area contributed by atoms with Crippen LogP contribution < -0.4 is 0 Å². The minimum Gasteiger partial charge on any atom is -0.382 e. The normalized spacial score (nSPS) is 48.4. The van der Waals surface area contributed by atoms with Crippen LogP contribution in [0.15, 0.2) is 0 Å². The van der Waals surface area contributed by atoms with E-state index in [9.17, 15) is 4.89 Å². The minimum atomic E-state index is -3.38. The summed E-state index contributed by atoms with van der Waals surface area (Å²) >= 11 is 5.10. The van der Waals surface area contributed by atoms with Crippen molar-refractivity contribution in [1.82, 2.24) is 0 Å². The molecular formula is C13H23B2O5PS. The third-order valence-electron chi connectivity index (χ3n) is 4.79. The van der Waals surface area contributed by atoms with Gasteiger partial charge in [-0.25, -0.2) is 0 Å². The summed E-state index contributed by atoms with van der Waals surface area (Å²) in [5, 5.41) is 0. The second kappa shape index (κ2) is 7.22. The minimum absolute atomic E-state index is 0.0665. The molecule has 9 unspecified atom stereocenters. The molecule has 9 heteroatoms. The monoisotopic (exact) mass is 344 g/mol. The SMILES string of the molecule is [B]C1OC(COP(O)(=S)OC2C(C)OC([B])C2C)C(C)C1C. The fourth-order valence-corrected chi connectivity index (χ4v) is 4.42. The van der Waals surface area contributed by atoms with Gasteiger partial charge in [-0.2, -0.15) is 0 Å². The predicted molar refractivity (Wildman–Crippen MR) is 89.3 cm³/mol. The number of hydrogen-bond acceptors (Lipinski definition) is 5. The highest BCUT2D eigenvalue weighted by Gasteiger charge is 2.41. The van der Waals surface area contributed by atoms with Crippen molar-refractivity contribution in [2.75, 3.05) is 6.61 Å². The van der Waals surface area contributed by atoms with Gasteiger partial charge in [-0.15, -0.1) is 0 Å². The summed E-state index contributed by atoms with van der Waals surface area (Å²) in [6.07, 6.45) is -0.813. The van der Waals surface area contributed by atoms with Gasteiger partial charge in [-0.3, -0.25) is 0 Å². The van der Waals surface area contributed by atoms with E-state index < -0.39 is 12.7 Å². The van der Waals surface area contributed by atoms with Crippen molar-refractivity contribution in [2.45, 2.75) is 58.0 Å². The molecule has 5 nitrogen and oxygen atoms in total. The van der Waals surface area contributed by atoms with E-state index in [1.165, 1.54) is 0 Å². The van der Waals surface area contributed by atoms with Crippen LogP contribution >= 0.6 is 6.72 Å². The van der Waals surface area contributed by atoms with E-state index in [4.69, 9.17) is 46.0 Å². The van der Waals surface area contributed by atoms with Gasteiger partial charge < -0.3 is 23.4 Å². The fraction of sp³-hybridized carbons (Fsp3) is 1.00. The summed E-state index contributed by atoms with van der Waals surface area (Å²) in [7, 11) is 11.7. The van der Waals surface area contributed by atoms with Crippen LogP contribution in [0.5, 0.6) is 0 Å². The van der Waals surface area contributed by atoms with E-state index in [0.29, 0.717) is 0 Å². The smallest absolute Gasteiger partial charge is 0.324 e. The first-order valence-corrected chi connectivity index (χ1v) is 10.2. The van der Waals surface area contributed by atoms with E-state index in [-0.39, 0.29) is 48.7 Å². The highest BCUT2D eigenvalue weighted by Crippen LogP contribution is 2.49. The Kier molecular flexibility index (Phi) is 6.21. The van der Waals surface area contributed by atoms with E-state index >= 15 is 0 Å². The Bertz CT molecular complexity index is 443. The first-order chi connectivity index (χ1) is 10.1. The first-order valence-electron chi connectivity index (χ1n) is 7.60. The number of rotatable bonds is 5. The van der Waals surface area contributed by atoms with Gasteiger partial charge in [-0.05, 0) is 30.6 Å². The molecule has 4 radical (unpaired) electrons. The molecule has 2 aliphatic rings. The van der Waals surface area contributed by atoms with E-state index in [2.05, 4.69) is 0 Å². The largest absolute Gasteiger partial charge is 0.382 e. The number of hydrogen-bond donors (Lipinski definition) is 1. The van der Waals surface area contributed by atoms with Crippen LogP contribution in [-0.4, -0.2) is 57.5 Å². The number of ether oxygens (including phenoxy) is 2. The molecular weight excluding hydrogens is 321 g/mol. The summed E-state index contributed by atoms with van der Waals surface area (Å²) in [5.41, 5.74) is 0. The second-order valence-corrected chi connectivity index (χ2v) is 9.15. The molecule has 0 aliphatic carbocycles. The fourth-order valence-electron chi connectivity index (χ4n) is 2.88. The molecule has 2 aliphatic heterocycles. The Morgan fingerprint density at radius 2 is 1.64 bits per heavy atom. The second-order valence-electron chi connectivity index (χ2n) is 6.36. The summed E-state index contributed by atoms with van der Waals surface area (Å²) in [6.45, 7) is 4.59. The maximum atomic E-state index is 10.3. The zero-order valence-corrected chi connectivity index (χ0v) is 15.1. The lowest BCUT2D eigenvalue weighted by Gasteiger charge is -2.26. The molecule has 0 bridgehead atoms. The lowest BCUT2D eigenvalue weighted by molar-refractivity contribution is 0.0154. The Hall–Kier alpha value is 0.580. The van der Waals surface area contributed by atoms with Crippen molar-refractivity contribution in [3.05, 3.63) is 0 Å². The molecule has 9 atom stereocenters. The molecule has 0 spiro atoms. The predicted octanol–water partition coefficient (Wildman–Crippen LogP) is 1.32. The molecule has 2 rings (SSSR count). The van der Waals surface area contributed by atoms with Crippen molar-refractivity contribution in [3.8, 4) is 0 Å². The van der Waals surface area contributed by atoms with Crippen molar-refractivity contribution < 1.29 is 23.4 Å². The lowest BCUT2D eigenvalue weighted by Crippen LogP contribution is -2.28. The van der Waals surface area contributed by atoms with Gasteiger partial charge in [-0.1, -0.05) is 20.8 Å². The first kappa shape index (κ1) is 18.9. The van der Waals surface area contributed by atoms with Gasteiger partial charge >= 0.3 is 6.72 Å². The highest BCUT2D eigenvalue weighted by molar-refractivity contribution is 8.07. The van der Waals surface area contributed by atoms with Crippen molar-refractivity contribution in [2.24, 2.45) is 17.8 Å². The Labute approximate surface area is 140 Å². The van der Waals surface area contributed by atoms with Crippen LogP contribution in [0.4, 0.5) is 0 Å². The molecule has 122 valence electrons. The van der Waals surface area contributed by atoms with Gasteiger partial charge in [0.1, 0.15) is 15.7 Å². The average molecular weight is 344 g/mol. The summed E-state index contributed by atoms with van der Waals surface area (Å²) in [5.74, 6) is 0.390. The van der Waals surface area contributed by atoms with Crippen molar-refractivity contribution in [1.29, 1.82) is 0 Å². The van der Waals surface area contributed by atoms with Crippen LogP contribution in [0.25, 0.3) is 0 Å². The zero-order valence-electron chi connectivity index (χ0n) is 13.4. The average Bonchev–Trinajstić information content (AvgIpc) is 2.81. The topological polar surface area (TPSA) is 57.2 Å². The van der Waals surface area contributed by atoms with Crippen LogP contribution in [0.3, 0.4) is 0 Å². The molecule has 1 N–H and O–H groups in total. The third kappa shape index (κ3) is 4.15. The molecule has 0 amide bonds. The molecule has 2 fully saturated rings. The van der Waals surface area contributed by atoms with E-state index in [1.54, 1.807) is 0 Å². The third-order valence-corrected chi connectivity index (χ3v) is 6.35. The van der Waals surface area contributed by atoms with Crippen LogP contribution in [0, 0.1) is 17.8 Å². The summed E-state index contributed by atoms with van der Waals surface area (Å²) in [6, 6.07) is -0.741. The van der Waals surface area contributed by atoms with Crippen molar-refractivity contribution >= 4 is 34.2 Å². The Morgan fingerprint density at radius 3 is 2.09 bits per heavy atom. The van der Waals surface area contributed by atoms with Crippen molar-refractivity contribution in [3.63, 3.8) is 0 Å². The van der Waals surface area contributed by atoms with Gasteiger partial charge in [0.25, 0.3) is 0 Å². The summed E-state index contributed by atoms with van der Waals surface area (Å²) < 4.78 is 22.2. The summed E-state index contributed by atoms with van der Waals surface area (Å²) in [4.78, 5) is 10.3. The van der Waals surface area contributed by atoms with Crippen LogP contribution in [0.2, 0.25) is 0 Å². The molecule has 0 aromatic heterocycles. The Balaban J connectivity index is 1.88. The molecule has 0 aromatic rings. The Morgan fingerprint density at radius 1 is 1.05 bits per heavy atom. The lowest BCUT2D eigenvalue weighted by atomic mass is 9.82. The van der Waals surface area contributed by atoms with Gasteiger partial charge in [0.05, 0.1) is 24.9 Å². The molecule has 22 heavy (non-hydrogen) atoms. The zero-order chi connectivity index (χ0) is 16.7. The molecule has 2 heterocycles. The van der Waals surface area contributed by atoms with Gasteiger partial charge in [0, 0.05) is 17.9 Å². The molecule has 2 saturated heterocycles. The highest BCUT2D eigenvalue weighted by atomic mass is 32.5. The quantitative estimate of drug-likeness (QED) is 0.600. The maximum Gasteiger partial charge on any atom is 0.324 e. The van der Waals surface area contributed by atoms with E-state index in [0.717, 1.165) is 0 Å².